The van der Waals surface area contributed by atoms with Crippen molar-refractivity contribution in [1.29, 1.82) is 0 Å². The summed E-state index contributed by atoms with van der Waals surface area (Å²) < 4.78 is 0. The van der Waals surface area contributed by atoms with Crippen molar-refractivity contribution in [3.63, 3.8) is 0 Å². The molecule has 17 heavy (non-hydrogen) atoms. The van der Waals surface area contributed by atoms with Crippen LogP contribution in [0.4, 0.5) is 0 Å². The lowest BCUT2D eigenvalue weighted by molar-refractivity contribution is 0.0947. The van der Waals surface area contributed by atoms with Crippen LogP contribution in [0.15, 0.2) is 36.5 Å². The van der Waals surface area contributed by atoms with Crippen molar-refractivity contribution < 1.29 is 4.79 Å². The number of carbonyl (C=O) groups excluding carboxylic acids is 1. The first kappa shape index (κ1) is 10.4. The molecule has 0 unspecified atom stereocenters. The normalized spacial score (nSPS) is 15.8. The van der Waals surface area contributed by atoms with Gasteiger partial charge in [0.05, 0.1) is 5.52 Å². The summed E-state index contributed by atoms with van der Waals surface area (Å²) in [5.41, 5.74) is 1.59. The monoisotopic (exact) mass is 226 g/mol. The summed E-state index contributed by atoms with van der Waals surface area (Å²) in [4.78, 5) is 16.5. The van der Waals surface area contributed by atoms with Crippen LogP contribution in [0, 0.1) is 5.92 Å². The van der Waals surface area contributed by atoms with Gasteiger partial charge in [-0.25, -0.2) is 0 Å². The van der Waals surface area contributed by atoms with Crippen LogP contribution in [0.1, 0.15) is 16.8 Å². The number of fused-ring (bicyclic) bond motifs is 1. The number of hydrogen-bond donors (Lipinski definition) is 1. The maximum absolute atomic E-state index is 12.2. The Kier molecular flexibility index (Phi) is 2.61. The number of hydrogen-bond acceptors (Lipinski definition) is 3. The van der Waals surface area contributed by atoms with E-state index in [0.29, 0.717) is 12.3 Å². The fourth-order valence-electron chi connectivity index (χ4n) is 2.19. The number of rotatable bonds is 3. The van der Waals surface area contributed by atoms with E-state index in [2.05, 4.69) is 10.3 Å². The van der Waals surface area contributed by atoms with E-state index in [1.165, 1.54) is 0 Å². The molecule has 0 atom stereocenters. The Morgan fingerprint density at radius 1 is 1.29 bits per heavy atom. The summed E-state index contributed by atoms with van der Waals surface area (Å²) in [5, 5.41) is 4.22. The molecule has 1 aliphatic rings. The van der Waals surface area contributed by atoms with E-state index in [1.54, 1.807) is 6.20 Å². The van der Waals surface area contributed by atoms with Gasteiger partial charge in [0.15, 0.2) is 5.78 Å². The molecule has 1 fully saturated rings. The lowest BCUT2D eigenvalue weighted by Gasteiger charge is -2.26. The fraction of sp³-hybridized carbons (Fsp3) is 0.286. The standard InChI is InChI=1S/C14H14N2O/c17-13(7-10-8-15-9-10)12-5-1-3-11-4-2-6-16-14(11)12/h1-6,10,15H,7-9H2. The van der Waals surface area contributed by atoms with E-state index in [-0.39, 0.29) is 5.78 Å². The highest BCUT2D eigenvalue weighted by Gasteiger charge is 2.21. The lowest BCUT2D eigenvalue weighted by Crippen LogP contribution is -2.42. The third-order valence-electron chi connectivity index (χ3n) is 3.27. The Labute approximate surface area is 99.9 Å². The molecule has 0 spiro atoms. The zero-order valence-electron chi connectivity index (χ0n) is 9.52. The van der Waals surface area contributed by atoms with Gasteiger partial charge in [0, 0.05) is 23.6 Å². The molecule has 1 aliphatic heterocycles. The van der Waals surface area contributed by atoms with Gasteiger partial charge in [0.1, 0.15) is 0 Å². The Balaban J connectivity index is 1.95. The average molecular weight is 226 g/mol. The van der Waals surface area contributed by atoms with Gasteiger partial charge in [0.25, 0.3) is 0 Å². The van der Waals surface area contributed by atoms with E-state index in [4.69, 9.17) is 0 Å². The Morgan fingerprint density at radius 3 is 2.88 bits per heavy atom. The lowest BCUT2D eigenvalue weighted by atomic mass is 9.93. The number of carbonyl (C=O) groups is 1. The second kappa shape index (κ2) is 4.26. The van der Waals surface area contributed by atoms with Crippen LogP contribution in [0.2, 0.25) is 0 Å². The summed E-state index contributed by atoms with van der Waals surface area (Å²) in [6.45, 7) is 1.92. The van der Waals surface area contributed by atoms with Crippen LogP contribution in [-0.2, 0) is 0 Å². The number of benzene rings is 1. The van der Waals surface area contributed by atoms with Gasteiger partial charge in [0.2, 0.25) is 0 Å². The van der Waals surface area contributed by atoms with Crippen molar-refractivity contribution in [3.8, 4) is 0 Å². The maximum atomic E-state index is 12.2. The van der Waals surface area contributed by atoms with Crippen LogP contribution in [0.25, 0.3) is 10.9 Å². The van der Waals surface area contributed by atoms with E-state index in [1.807, 2.05) is 30.3 Å². The topological polar surface area (TPSA) is 42.0 Å². The maximum Gasteiger partial charge on any atom is 0.165 e. The van der Waals surface area contributed by atoms with Crippen LogP contribution >= 0.6 is 0 Å². The second-order valence-corrected chi connectivity index (χ2v) is 4.53. The minimum atomic E-state index is 0.209. The highest BCUT2D eigenvalue weighted by molar-refractivity contribution is 6.06. The van der Waals surface area contributed by atoms with Gasteiger partial charge in [-0.1, -0.05) is 18.2 Å². The smallest absolute Gasteiger partial charge is 0.165 e. The van der Waals surface area contributed by atoms with Crippen molar-refractivity contribution in [2.45, 2.75) is 6.42 Å². The predicted molar refractivity (Wildman–Crippen MR) is 67.1 cm³/mol. The molecule has 3 nitrogen and oxygen atoms in total. The van der Waals surface area contributed by atoms with Crippen molar-refractivity contribution in [2.24, 2.45) is 5.92 Å². The zero-order valence-corrected chi connectivity index (χ0v) is 9.52. The third kappa shape index (κ3) is 1.94. The second-order valence-electron chi connectivity index (χ2n) is 4.53. The molecule has 3 heteroatoms. The molecule has 3 rings (SSSR count). The summed E-state index contributed by atoms with van der Waals surface area (Å²) in [7, 11) is 0. The highest BCUT2D eigenvalue weighted by atomic mass is 16.1. The summed E-state index contributed by atoms with van der Waals surface area (Å²) in [5.74, 6) is 0.710. The fourth-order valence-corrected chi connectivity index (χ4v) is 2.19. The largest absolute Gasteiger partial charge is 0.316 e. The first-order valence-corrected chi connectivity index (χ1v) is 5.92. The molecular formula is C14H14N2O. The Bertz CT molecular complexity index is 556. The molecule has 86 valence electrons. The van der Waals surface area contributed by atoms with E-state index < -0.39 is 0 Å². The summed E-state index contributed by atoms with van der Waals surface area (Å²) in [6, 6.07) is 9.68. The third-order valence-corrected chi connectivity index (χ3v) is 3.27. The Hall–Kier alpha value is -1.74. The quantitative estimate of drug-likeness (QED) is 0.814. The van der Waals surface area contributed by atoms with Crippen LogP contribution in [-0.4, -0.2) is 23.9 Å². The zero-order chi connectivity index (χ0) is 11.7. The molecule has 0 amide bonds. The van der Waals surface area contributed by atoms with Gasteiger partial charge in [-0.05, 0) is 31.1 Å². The predicted octanol–water partition coefficient (Wildman–Crippen LogP) is 2.03. The summed E-state index contributed by atoms with van der Waals surface area (Å²) in [6.07, 6.45) is 2.37. The SMILES string of the molecule is O=C(CC1CNC1)c1cccc2cccnc12. The van der Waals surface area contributed by atoms with Gasteiger partial charge in [-0.3, -0.25) is 9.78 Å². The van der Waals surface area contributed by atoms with E-state index in [0.717, 1.165) is 29.6 Å². The van der Waals surface area contributed by atoms with Crippen LogP contribution in [0.5, 0.6) is 0 Å². The number of nitrogens with zero attached hydrogens (tertiary/aromatic N) is 1. The first-order valence-electron chi connectivity index (χ1n) is 5.92. The number of ketones is 1. The minimum absolute atomic E-state index is 0.209. The number of Topliss-reactive ketones (excluding diaryl/α,β-unsaturated/α-hetero) is 1. The number of para-hydroxylation sites is 1. The van der Waals surface area contributed by atoms with E-state index >= 15 is 0 Å². The van der Waals surface area contributed by atoms with Crippen LogP contribution in [0.3, 0.4) is 0 Å². The molecule has 2 heterocycles. The van der Waals surface area contributed by atoms with Crippen molar-refractivity contribution in [2.75, 3.05) is 13.1 Å². The summed E-state index contributed by atoms with van der Waals surface area (Å²) >= 11 is 0. The van der Waals surface area contributed by atoms with E-state index in [9.17, 15) is 4.79 Å². The number of aromatic nitrogens is 1. The molecule has 1 aromatic heterocycles. The van der Waals surface area contributed by atoms with Crippen molar-refractivity contribution in [1.82, 2.24) is 10.3 Å². The molecule has 2 aromatic rings. The van der Waals surface area contributed by atoms with Gasteiger partial charge >= 0.3 is 0 Å². The van der Waals surface area contributed by atoms with Crippen LogP contribution < -0.4 is 5.32 Å². The first-order chi connectivity index (χ1) is 8.34. The molecule has 1 aromatic carbocycles. The van der Waals surface area contributed by atoms with Gasteiger partial charge in [-0.2, -0.15) is 0 Å². The van der Waals surface area contributed by atoms with Crippen molar-refractivity contribution >= 4 is 16.7 Å². The average Bonchev–Trinajstić information content (AvgIpc) is 2.33. The molecular weight excluding hydrogens is 212 g/mol. The highest BCUT2D eigenvalue weighted by Crippen LogP contribution is 2.20. The molecule has 1 N–H and O–H groups in total. The minimum Gasteiger partial charge on any atom is -0.316 e. The molecule has 0 aliphatic carbocycles. The molecule has 0 saturated carbocycles. The van der Waals surface area contributed by atoms with Gasteiger partial charge in [-0.15, -0.1) is 0 Å². The number of nitrogens with one attached hydrogen (secondary N) is 1. The van der Waals surface area contributed by atoms with Gasteiger partial charge < -0.3 is 5.32 Å². The number of pyridine rings is 1. The Morgan fingerprint density at radius 2 is 2.12 bits per heavy atom. The van der Waals surface area contributed by atoms with Crippen molar-refractivity contribution in [3.05, 3.63) is 42.1 Å². The molecule has 0 bridgehead atoms. The molecule has 0 radical (unpaired) electrons. The molecule has 1 saturated heterocycles.